The van der Waals surface area contributed by atoms with E-state index in [1.54, 1.807) is 0 Å². The molecule has 49 heavy (non-hydrogen) atoms. The van der Waals surface area contributed by atoms with E-state index >= 15 is 0 Å². The predicted molar refractivity (Wildman–Crippen MR) is 200 cm³/mol. The van der Waals surface area contributed by atoms with Gasteiger partial charge in [0.25, 0.3) is 0 Å². The van der Waals surface area contributed by atoms with Crippen LogP contribution in [0.5, 0.6) is 0 Å². The Labute approximate surface area is 301 Å². The summed E-state index contributed by atoms with van der Waals surface area (Å²) in [4.78, 5) is 20.0. The molecule has 0 saturated heterocycles. The second kappa shape index (κ2) is 37.7. The SMILES string of the molecule is CCCCCCCCCCCC(=O)NCCC[N+](C)(C)CCO.CCCCCCCCCCCC[N+](C)(C)C.COS(=O)(=O)[O-].O=[N+]([O-])[O-]. The first-order valence-corrected chi connectivity index (χ1v) is 20.0. The number of hydrogen-bond donors (Lipinski definition) is 2. The number of quaternary nitrogens is 2. The molecule has 0 aromatic carbocycles. The molecule has 0 aliphatic rings. The van der Waals surface area contributed by atoms with Gasteiger partial charge in [-0.05, 0) is 19.3 Å². The van der Waals surface area contributed by atoms with E-state index in [0.717, 1.165) is 48.6 Å². The molecule has 0 radical (unpaired) electrons. The number of aliphatic hydroxyl groups excluding tert-OH is 1. The highest BCUT2D eigenvalue weighted by atomic mass is 32.3. The number of nitrogens with zero attached hydrogens (tertiary/aromatic N) is 3. The van der Waals surface area contributed by atoms with Gasteiger partial charge in [0.2, 0.25) is 16.3 Å². The fourth-order valence-corrected chi connectivity index (χ4v) is 4.88. The second-order valence-electron chi connectivity index (χ2n) is 14.4. The van der Waals surface area contributed by atoms with Crippen molar-refractivity contribution in [2.24, 2.45) is 0 Å². The molecule has 14 heteroatoms. The maximum Gasteiger partial charge on any atom is 0.219 e. The Kier molecular flexibility index (Phi) is 41.7. The number of amides is 1. The first-order valence-electron chi connectivity index (χ1n) is 18.7. The molecular weight excluding hydrogens is 652 g/mol. The summed E-state index contributed by atoms with van der Waals surface area (Å²) in [5, 5.41) is 26.7. The lowest BCUT2D eigenvalue weighted by molar-refractivity contribution is -0.890. The van der Waals surface area contributed by atoms with Crippen LogP contribution in [0.15, 0.2) is 0 Å². The van der Waals surface area contributed by atoms with Crippen molar-refractivity contribution in [2.75, 3.05) is 75.1 Å². The van der Waals surface area contributed by atoms with Crippen LogP contribution in [0, 0.1) is 15.3 Å². The third-order valence-corrected chi connectivity index (χ3v) is 8.27. The molecular formula is C35H78N4O9S. The van der Waals surface area contributed by atoms with Crippen molar-refractivity contribution in [3.8, 4) is 0 Å². The van der Waals surface area contributed by atoms with Gasteiger partial charge in [-0.15, -0.1) is 0 Å². The number of unbranched alkanes of at least 4 members (excludes halogenated alkanes) is 17. The minimum atomic E-state index is -4.41. The third-order valence-electron chi connectivity index (χ3n) is 7.86. The van der Waals surface area contributed by atoms with Crippen LogP contribution in [-0.4, -0.2) is 113 Å². The van der Waals surface area contributed by atoms with E-state index in [-0.39, 0.29) is 12.5 Å². The maximum absolute atomic E-state index is 11.7. The zero-order chi connectivity index (χ0) is 38.5. The number of carbonyl (C=O) groups is 1. The Balaban J connectivity index is -0.000000334. The highest BCUT2D eigenvalue weighted by Gasteiger charge is 2.13. The normalized spacial score (nSPS) is 11.3. The molecule has 0 fully saturated rings. The van der Waals surface area contributed by atoms with Gasteiger partial charge >= 0.3 is 0 Å². The van der Waals surface area contributed by atoms with Crippen molar-refractivity contribution in [1.29, 1.82) is 0 Å². The lowest BCUT2D eigenvalue weighted by Crippen LogP contribution is -2.43. The molecule has 13 nitrogen and oxygen atoms in total. The molecule has 0 aliphatic heterocycles. The van der Waals surface area contributed by atoms with Crippen molar-refractivity contribution in [3.05, 3.63) is 15.3 Å². The van der Waals surface area contributed by atoms with E-state index < -0.39 is 15.5 Å². The summed E-state index contributed by atoms with van der Waals surface area (Å²) < 4.78 is 33.0. The fraction of sp³-hybridized carbons (Fsp3) is 0.971. The van der Waals surface area contributed by atoms with Crippen molar-refractivity contribution < 1.29 is 41.1 Å². The van der Waals surface area contributed by atoms with Gasteiger partial charge in [-0.25, -0.2) is 8.42 Å². The molecule has 298 valence electrons. The average Bonchev–Trinajstić information content (AvgIpc) is 2.99. The Morgan fingerprint density at radius 3 is 1.35 bits per heavy atom. The Hall–Kier alpha value is -1.58. The Morgan fingerprint density at radius 2 is 1.02 bits per heavy atom. The number of carbonyl (C=O) groups excluding carboxylic acids is 1. The second-order valence-corrected chi connectivity index (χ2v) is 15.5. The van der Waals surface area contributed by atoms with Gasteiger partial charge in [-0.1, -0.05) is 117 Å². The fourth-order valence-electron chi connectivity index (χ4n) is 4.88. The molecule has 0 unspecified atom stereocenters. The van der Waals surface area contributed by atoms with Crippen LogP contribution >= 0.6 is 0 Å². The van der Waals surface area contributed by atoms with Crippen molar-refractivity contribution in [2.45, 2.75) is 149 Å². The van der Waals surface area contributed by atoms with Gasteiger partial charge in [0.05, 0.1) is 67.1 Å². The van der Waals surface area contributed by atoms with Crippen LogP contribution in [0.2, 0.25) is 0 Å². The van der Waals surface area contributed by atoms with Crippen LogP contribution in [0.3, 0.4) is 0 Å². The van der Waals surface area contributed by atoms with Crippen molar-refractivity contribution >= 4 is 16.3 Å². The molecule has 0 atom stereocenters. The molecule has 0 saturated carbocycles. The van der Waals surface area contributed by atoms with E-state index in [2.05, 4.69) is 58.6 Å². The van der Waals surface area contributed by atoms with E-state index in [0.29, 0.717) is 6.42 Å². The van der Waals surface area contributed by atoms with Crippen LogP contribution in [0.1, 0.15) is 149 Å². The van der Waals surface area contributed by atoms with E-state index in [1.807, 2.05) is 0 Å². The number of hydrogen-bond acceptors (Lipinski definition) is 9. The zero-order valence-electron chi connectivity index (χ0n) is 32.8. The molecule has 0 bridgehead atoms. The van der Waals surface area contributed by atoms with Crippen LogP contribution in [0.4, 0.5) is 0 Å². The first kappa shape index (κ1) is 54.2. The summed E-state index contributed by atoms with van der Waals surface area (Å²) >= 11 is 0. The van der Waals surface area contributed by atoms with E-state index in [1.165, 1.54) is 122 Å². The van der Waals surface area contributed by atoms with Gasteiger partial charge in [0.15, 0.2) is 0 Å². The predicted octanol–water partition coefficient (Wildman–Crippen LogP) is 6.95. The molecule has 0 aliphatic carbocycles. The first-order chi connectivity index (χ1) is 22.9. The van der Waals surface area contributed by atoms with Crippen LogP contribution in [-0.2, 0) is 19.4 Å². The third kappa shape index (κ3) is 65.4. The highest BCUT2D eigenvalue weighted by molar-refractivity contribution is 7.80. The molecule has 0 rings (SSSR count). The molecule has 0 spiro atoms. The number of nitrogens with one attached hydrogen (secondary N) is 1. The average molecular weight is 731 g/mol. The maximum atomic E-state index is 11.7. The number of likely N-dealkylation sites (N-methyl/N-ethyl adjacent to an activating group) is 1. The van der Waals surface area contributed by atoms with Gasteiger partial charge < -0.3 is 39.3 Å². The topological polar surface area (TPSA) is 182 Å². The summed E-state index contributed by atoms with van der Waals surface area (Å²) in [6, 6.07) is 0. The Morgan fingerprint density at radius 1 is 0.673 bits per heavy atom. The lowest BCUT2D eigenvalue weighted by atomic mass is 10.1. The minimum absolute atomic E-state index is 0.195. The largest absolute Gasteiger partial charge is 0.726 e. The number of rotatable bonds is 28. The molecule has 0 aromatic rings. The smallest absolute Gasteiger partial charge is 0.219 e. The lowest BCUT2D eigenvalue weighted by Gasteiger charge is -2.28. The molecule has 1 amide bonds. The summed E-state index contributed by atoms with van der Waals surface area (Å²) in [5.74, 6) is 0.195. The summed E-state index contributed by atoms with van der Waals surface area (Å²) in [6.45, 7) is 8.59. The summed E-state index contributed by atoms with van der Waals surface area (Å²) in [7, 11) is 7.47. The van der Waals surface area contributed by atoms with Gasteiger partial charge in [0.1, 0.15) is 6.54 Å². The van der Waals surface area contributed by atoms with Gasteiger partial charge in [-0.3, -0.25) is 8.98 Å². The quantitative estimate of drug-likeness (QED) is 0.0215. The summed E-state index contributed by atoms with van der Waals surface area (Å²) in [5.41, 5.74) is 0. The monoisotopic (exact) mass is 731 g/mol. The number of aliphatic hydroxyl groups is 1. The van der Waals surface area contributed by atoms with Gasteiger partial charge in [-0.2, -0.15) is 0 Å². The standard InChI is InChI=1S/C19H40N2O2.C15H34N.CH4O4S.NO3/c1-4-5-6-7-8-9-10-11-12-14-19(23)20-15-13-16-21(2,3)17-18-22;1-5-6-7-8-9-10-11-12-13-14-15-16(2,3)4;1-5-6(2,3)4;2-1(3)4/h22H,4-18H2,1-3H3;5-15H2,1-4H3;1H3,(H,2,3,4);/q;+1;;-1. The van der Waals surface area contributed by atoms with Crippen molar-refractivity contribution in [3.63, 3.8) is 0 Å². The van der Waals surface area contributed by atoms with E-state index in [4.69, 9.17) is 20.4 Å². The molecule has 0 heterocycles. The van der Waals surface area contributed by atoms with Gasteiger partial charge in [0, 0.05) is 19.4 Å². The summed E-state index contributed by atoms with van der Waals surface area (Å²) in [6.07, 6.45) is 27.6. The minimum Gasteiger partial charge on any atom is -0.726 e. The van der Waals surface area contributed by atoms with Crippen LogP contribution < -0.4 is 5.32 Å². The highest BCUT2D eigenvalue weighted by Crippen LogP contribution is 2.12. The molecule has 0 aromatic heterocycles. The molecule has 2 N–H and O–H groups in total. The van der Waals surface area contributed by atoms with E-state index in [9.17, 15) is 17.8 Å². The van der Waals surface area contributed by atoms with Crippen LogP contribution in [0.25, 0.3) is 0 Å². The Bertz CT molecular complexity index is 820. The van der Waals surface area contributed by atoms with Crippen molar-refractivity contribution in [1.82, 2.24) is 5.32 Å². The zero-order valence-corrected chi connectivity index (χ0v) is 33.7.